The number of nitrogens with zero attached hydrogens (tertiary/aromatic N) is 4. The van der Waals surface area contributed by atoms with Crippen molar-refractivity contribution < 1.29 is 9.21 Å². The van der Waals surface area contributed by atoms with Gasteiger partial charge in [-0.2, -0.15) is 11.8 Å². The molecule has 0 atom stereocenters. The number of carbonyl (C=O) groups is 1. The summed E-state index contributed by atoms with van der Waals surface area (Å²) in [6, 6.07) is 10.8. The molecule has 2 aromatic heterocycles. The Kier molecular flexibility index (Phi) is 5.63. The first kappa shape index (κ1) is 18.6. The van der Waals surface area contributed by atoms with E-state index < -0.39 is 5.91 Å². The third kappa shape index (κ3) is 4.55. The van der Waals surface area contributed by atoms with E-state index in [1.54, 1.807) is 30.5 Å². The number of amides is 1. The number of hydrogen-bond acceptors (Lipinski definition) is 8. The highest BCUT2D eigenvalue weighted by Crippen LogP contribution is 2.20. The van der Waals surface area contributed by atoms with Crippen LogP contribution >= 0.6 is 23.4 Å². The molecule has 0 bridgehead atoms. The lowest BCUT2D eigenvalue weighted by Gasteiger charge is -2.27. The van der Waals surface area contributed by atoms with Gasteiger partial charge in [0.1, 0.15) is 5.82 Å². The molecule has 0 aliphatic carbocycles. The standard InChI is InChI=1S/C18H17ClN6O2S/c19-12-1-3-13(4-2-12)22-18-24-23-17(27-18)16(26)21-14-5-6-15(20-11-14)25-7-9-28-10-8-25/h1-6,11H,7-10H2,(H,21,26)(H,22,24). The fourth-order valence-electron chi connectivity index (χ4n) is 2.65. The summed E-state index contributed by atoms with van der Waals surface area (Å²) >= 11 is 7.80. The molecular weight excluding hydrogens is 400 g/mol. The molecule has 1 aromatic carbocycles. The summed E-state index contributed by atoms with van der Waals surface area (Å²) in [6.45, 7) is 1.96. The van der Waals surface area contributed by atoms with E-state index in [0.29, 0.717) is 10.7 Å². The quantitative estimate of drug-likeness (QED) is 0.650. The SMILES string of the molecule is O=C(Nc1ccc(N2CCSCC2)nc1)c1nnc(Nc2ccc(Cl)cc2)o1. The minimum absolute atomic E-state index is 0.115. The van der Waals surface area contributed by atoms with Crippen molar-refractivity contribution in [3.8, 4) is 0 Å². The van der Waals surface area contributed by atoms with Crippen molar-refractivity contribution in [1.82, 2.24) is 15.2 Å². The van der Waals surface area contributed by atoms with Crippen molar-refractivity contribution in [1.29, 1.82) is 0 Å². The van der Waals surface area contributed by atoms with Gasteiger partial charge < -0.3 is 20.0 Å². The molecule has 1 saturated heterocycles. The van der Waals surface area contributed by atoms with E-state index in [1.807, 2.05) is 23.9 Å². The molecule has 28 heavy (non-hydrogen) atoms. The Morgan fingerprint density at radius 3 is 2.54 bits per heavy atom. The lowest BCUT2D eigenvalue weighted by molar-refractivity contribution is 0.0991. The van der Waals surface area contributed by atoms with Crippen LogP contribution < -0.4 is 15.5 Å². The van der Waals surface area contributed by atoms with Crippen molar-refractivity contribution in [3.63, 3.8) is 0 Å². The minimum Gasteiger partial charge on any atom is -0.399 e. The molecule has 1 aliphatic rings. The van der Waals surface area contributed by atoms with Crippen LogP contribution in [0.25, 0.3) is 0 Å². The molecule has 1 aliphatic heterocycles. The maximum Gasteiger partial charge on any atom is 0.320 e. The molecule has 0 spiro atoms. The van der Waals surface area contributed by atoms with Gasteiger partial charge in [0.2, 0.25) is 0 Å². The maximum atomic E-state index is 12.3. The lowest BCUT2D eigenvalue weighted by atomic mass is 10.3. The van der Waals surface area contributed by atoms with Crippen molar-refractivity contribution >= 4 is 52.5 Å². The van der Waals surface area contributed by atoms with Crippen LogP contribution in [0.1, 0.15) is 10.7 Å². The third-order valence-electron chi connectivity index (χ3n) is 4.06. The van der Waals surface area contributed by atoms with Crippen molar-refractivity contribution in [2.24, 2.45) is 0 Å². The molecule has 2 N–H and O–H groups in total. The summed E-state index contributed by atoms with van der Waals surface area (Å²) in [5.41, 5.74) is 1.28. The second kappa shape index (κ2) is 8.49. The molecule has 0 radical (unpaired) electrons. The zero-order valence-corrected chi connectivity index (χ0v) is 16.3. The summed E-state index contributed by atoms with van der Waals surface area (Å²) in [7, 11) is 0. The first-order valence-corrected chi connectivity index (χ1v) is 10.2. The highest BCUT2D eigenvalue weighted by atomic mass is 35.5. The summed E-state index contributed by atoms with van der Waals surface area (Å²) < 4.78 is 5.36. The minimum atomic E-state index is -0.499. The molecule has 3 aromatic rings. The van der Waals surface area contributed by atoms with Crippen LogP contribution in [0.15, 0.2) is 47.0 Å². The number of thioether (sulfide) groups is 1. The number of nitrogens with one attached hydrogen (secondary N) is 2. The molecular formula is C18H17ClN6O2S. The van der Waals surface area contributed by atoms with Gasteiger partial charge in [-0.25, -0.2) is 4.98 Å². The number of aromatic nitrogens is 3. The smallest absolute Gasteiger partial charge is 0.320 e. The molecule has 8 nitrogen and oxygen atoms in total. The monoisotopic (exact) mass is 416 g/mol. The van der Waals surface area contributed by atoms with Crippen molar-refractivity contribution in [3.05, 3.63) is 53.5 Å². The van der Waals surface area contributed by atoms with E-state index in [0.717, 1.165) is 36.1 Å². The number of anilines is 4. The van der Waals surface area contributed by atoms with Crippen molar-refractivity contribution in [2.45, 2.75) is 0 Å². The van der Waals surface area contributed by atoms with Crippen LogP contribution in [0.2, 0.25) is 5.02 Å². The van der Waals surface area contributed by atoms with Crippen LogP contribution in [-0.4, -0.2) is 45.7 Å². The molecule has 0 unspecified atom stereocenters. The lowest BCUT2D eigenvalue weighted by Crippen LogP contribution is -2.33. The number of hydrogen-bond donors (Lipinski definition) is 2. The summed E-state index contributed by atoms with van der Waals surface area (Å²) in [5.74, 6) is 2.47. The normalized spacial score (nSPS) is 14.0. The Hall–Kier alpha value is -2.78. The van der Waals surface area contributed by atoms with Crippen LogP contribution in [-0.2, 0) is 0 Å². The molecule has 10 heteroatoms. The number of benzene rings is 1. The van der Waals surface area contributed by atoms with E-state index in [-0.39, 0.29) is 11.9 Å². The van der Waals surface area contributed by atoms with Gasteiger partial charge in [-0.1, -0.05) is 16.7 Å². The summed E-state index contributed by atoms with van der Waals surface area (Å²) in [4.78, 5) is 19.0. The fourth-order valence-corrected chi connectivity index (χ4v) is 3.68. The second-order valence-corrected chi connectivity index (χ2v) is 7.66. The predicted molar refractivity (Wildman–Crippen MR) is 111 cm³/mol. The average molecular weight is 417 g/mol. The molecule has 144 valence electrons. The van der Waals surface area contributed by atoms with Crippen LogP contribution in [0, 0.1) is 0 Å². The highest BCUT2D eigenvalue weighted by Gasteiger charge is 2.16. The second-order valence-electron chi connectivity index (χ2n) is 6.00. The van der Waals surface area contributed by atoms with E-state index in [2.05, 4.69) is 30.7 Å². The van der Waals surface area contributed by atoms with Crippen LogP contribution in [0.5, 0.6) is 0 Å². The van der Waals surface area contributed by atoms with E-state index in [1.165, 1.54) is 0 Å². The van der Waals surface area contributed by atoms with Crippen molar-refractivity contribution in [2.75, 3.05) is 40.1 Å². The maximum absolute atomic E-state index is 12.3. The summed E-state index contributed by atoms with van der Waals surface area (Å²) in [6.07, 6.45) is 1.62. The van der Waals surface area contributed by atoms with Gasteiger partial charge in [-0.05, 0) is 36.4 Å². The van der Waals surface area contributed by atoms with Gasteiger partial charge in [0.15, 0.2) is 0 Å². The Morgan fingerprint density at radius 1 is 1.07 bits per heavy atom. The van der Waals surface area contributed by atoms with Crippen LogP contribution in [0.4, 0.5) is 23.2 Å². The molecule has 3 heterocycles. The van der Waals surface area contributed by atoms with E-state index in [4.69, 9.17) is 16.0 Å². The fraction of sp³-hybridized carbons (Fsp3) is 0.222. The Morgan fingerprint density at radius 2 is 1.82 bits per heavy atom. The van der Waals surface area contributed by atoms with Gasteiger partial charge in [0.25, 0.3) is 0 Å². The van der Waals surface area contributed by atoms with Gasteiger partial charge in [0.05, 0.1) is 11.9 Å². The first-order chi connectivity index (χ1) is 13.7. The van der Waals surface area contributed by atoms with E-state index >= 15 is 0 Å². The third-order valence-corrected chi connectivity index (χ3v) is 5.25. The number of pyridine rings is 1. The average Bonchev–Trinajstić information content (AvgIpc) is 3.20. The highest BCUT2D eigenvalue weighted by molar-refractivity contribution is 7.99. The Labute approximate surface area is 170 Å². The zero-order valence-electron chi connectivity index (χ0n) is 14.8. The van der Waals surface area contributed by atoms with Gasteiger partial charge >= 0.3 is 17.8 Å². The topological polar surface area (TPSA) is 96.2 Å². The first-order valence-electron chi connectivity index (χ1n) is 8.63. The Balaban J connectivity index is 1.37. The predicted octanol–water partition coefficient (Wildman–Crippen LogP) is 3.67. The molecule has 1 fully saturated rings. The van der Waals surface area contributed by atoms with E-state index in [9.17, 15) is 4.79 Å². The summed E-state index contributed by atoms with van der Waals surface area (Å²) in [5, 5.41) is 13.8. The number of halogens is 1. The number of rotatable bonds is 5. The van der Waals surface area contributed by atoms with Crippen LogP contribution in [0.3, 0.4) is 0 Å². The number of carbonyl (C=O) groups excluding carboxylic acids is 1. The molecule has 4 rings (SSSR count). The Bertz CT molecular complexity index is 941. The molecule has 0 saturated carbocycles. The van der Waals surface area contributed by atoms with Gasteiger partial charge in [-0.15, -0.1) is 5.10 Å². The van der Waals surface area contributed by atoms with Gasteiger partial charge in [0, 0.05) is 35.3 Å². The zero-order chi connectivity index (χ0) is 19.3. The largest absolute Gasteiger partial charge is 0.399 e. The van der Waals surface area contributed by atoms with Gasteiger partial charge in [-0.3, -0.25) is 4.79 Å². The molecule has 1 amide bonds.